The van der Waals surface area contributed by atoms with Crippen molar-refractivity contribution >= 4 is 11.4 Å². The Morgan fingerprint density at radius 3 is 2.24 bits per heavy atom. The van der Waals surface area contributed by atoms with Crippen LogP contribution in [0.3, 0.4) is 0 Å². The van der Waals surface area contributed by atoms with Crippen LogP contribution in [0.5, 0.6) is 5.75 Å². The molecular weight excluding hydrogens is 290 g/mol. The third-order valence-corrected chi connectivity index (χ3v) is 2.61. The number of ether oxygens (including phenoxy) is 1. The van der Waals surface area contributed by atoms with Crippen molar-refractivity contribution < 1.29 is 22.3 Å². The van der Waals surface area contributed by atoms with Crippen LogP contribution in [0.25, 0.3) is 0 Å². The number of benzene rings is 1. The molecule has 1 N–H and O–H groups in total. The fraction of sp³-hybridized carbons (Fsp3) is 0.0769. The number of aromatic nitrogens is 1. The average Bonchev–Trinajstić information content (AvgIpc) is 2.49. The molecule has 0 atom stereocenters. The van der Waals surface area contributed by atoms with E-state index in [4.69, 9.17) is 10.00 Å². The highest BCUT2D eigenvalue weighted by Gasteiger charge is 2.22. The van der Waals surface area contributed by atoms with Crippen LogP contribution in [-0.2, 0) is 0 Å². The van der Waals surface area contributed by atoms with E-state index in [2.05, 4.69) is 10.3 Å². The monoisotopic (exact) mass is 297 g/mol. The summed E-state index contributed by atoms with van der Waals surface area (Å²) in [6.07, 6.45) is 0. The first-order valence-corrected chi connectivity index (χ1v) is 5.53. The van der Waals surface area contributed by atoms with Crippen LogP contribution in [-0.4, -0.2) is 12.1 Å². The average molecular weight is 297 g/mol. The highest BCUT2D eigenvalue weighted by atomic mass is 19.2. The Bertz CT molecular complexity index is 717. The number of para-hydroxylation sites is 1. The van der Waals surface area contributed by atoms with Crippen LogP contribution >= 0.6 is 0 Å². The van der Waals surface area contributed by atoms with Crippen molar-refractivity contribution in [2.75, 3.05) is 12.4 Å². The molecule has 0 radical (unpaired) electrons. The van der Waals surface area contributed by atoms with Crippen molar-refractivity contribution in [3.63, 3.8) is 0 Å². The highest BCUT2D eigenvalue weighted by molar-refractivity contribution is 5.73. The van der Waals surface area contributed by atoms with Crippen LogP contribution < -0.4 is 10.1 Å². The predicted octanol–water partition coefficient (Wildman–Crippen LogP) is 3.26. The minimum atomic E-state index is -1.80. The van der Waals surface area contributed by atoms with Crippen LogP contribution in [0.1, 0.15) is 5.56 Å². The zero-order valence-corrected chi connectivity index (χ0v) is 10.5. The molecule has 0 aliphatic carbocycles. The molecule has 0 unspecified atom stereocenters. The minimum Gasteiger partial charge on any atom is -0.495 e. The van der Waals surface area contributed by atoms with Gasteiger partial charge in [0.25, 0.3) is 11.9 Å². The maximum Gasteiger partial charge on any atom is 0.253 e. The second kappa shape index (κ2) is 5.66. The van der Waals surface area contributed by atoms with E-state index >= 15 is 0 Å². The number of methoxy groups -OCH3 is 1. The van der Waals surface area contributed by atoms with Gasteiger partial charge in [0.1, 0.15) is 17.5 Å². The highest BCUT2D eigenvalue weighted by Crippen LogP contribution is 2.33. The predicted molar refractivity (Wildman–Crippen MR) is 65.1 cm³/mol. The van der Waals surface area contributed by atoms with Gasteiger partial charge in [-0.2, -0.15) is 27.8 Å². The molecule has 0 fully saturated rings. The topological polar surface area (TPSA) is 57.9 Å². The van der Waals surface area contributed by atoms with E-state index in [0.717, 1.165) is 0 Å². The lowest BCUT2D eigenvalue weighted by Gasteiger charge is -2.14. The molecule has 0 amide bonds. The van der Waals surface area contributed by atoms with Gasteiger partial charge in [-0.15, -0.1) is 0 Å². The third-order valence-electron chi connectivity index (χ3n) is 2.61. The molecule has 8 heteroatoms. The van der Waals surface area contributed by atoms with Gasteiger partial charge < -0.3 is 10.1 Å². The number of rotatable bonds is 3. The first kappa shape index (κ1) is 14.6. The Kier molecular flexibility index (Phi) is 3.93. The zero-order chi connectivity index (χ0) is 15.6. The third kappa shape index (κ3) is 2.58. The van der Waals surface area contributed by atoms with Crippen molar-refractivity contribution in [1.29, 1.82) is 5.26 Å². The van der Waals surface area contributed by atoms with Crippen LogP contribution in [0.4, 0.5) is 28.9 Å². The second-order valence-electron chi connectivity index (χ2n) is 3.82. The number of halogens is 4. The molecule has 0 bridgehead atoms. The normalized spacial score (nSPS) is 10.1. The lowest BCUT2D eigenvalue weighted by molar-refractivity contribution is 0.409. The van der Waals surface area contributed by atoms with Crippen molar-refractivity contribution in [2.45, 2.75) is 0 Å². The number of hydrogen-bond donors (Lipinski definition) is 1. The van der Waals surface area contributed by atoms with Gasteiger partial charge in [-0.25, -0.2) is 0 Å². The van der Waals surface area contributed by atoms with Crippen molar-refractivity contribution in [3.8, 4) is 11.8 Å². The van der Waals surface area contributed by atoms with Crippen molar-refractivity contribution in [2.24, 2.45) is 0 Å². The Morgan fingerprint density at radius 1 is 1.10 bits per heavy atom. The summed E-state index contributed by atoms with van der Waals surface area (Å²) in [5.41, 5.74) is -1.24. The Labute approximate surface area is 116 Å². The summed E-state index contributed by atoms with van der Waals surface area (Å²) in [5, 5.41) is 11.1. The Morgan fingerprint density at radius 2 is 1.71 bits per heavy atom. The molecule has 0 aliphatic rings. The van der Waals surface area contributed by atoms with Crippen LogP contribution in [0.15, 0.2) is 18.2 Å². The van der Waals surface area contributed by atoms with E-state index in [-0.39, 0.29) is 17.0 Å². The van der Waals surface area contributed by atoms with Gasteiger partial charge in [-0.1, -0.05) is 6.07 Å². The molecule has 1 aromatic heterocycles. The van der Waals surface area contributed by atoms with Gasteiger partial charge in [-0.05, 0) is 12.1 Å². The lowest BCUT2D eigenvalue weighted by atomic mass is 10.1. The maximum absolute atomic E-state index is 13.6. The van der Waals surface area contributed by atoms with Gasteiger partial charge in [0.05, 0.1) is 18.4 Å². The molecule has 0 saturated carbocycles. The van der Waals surface area contributed by atoms with Crippen molar-refractivity contribution in [3.05, 3.63) is 47.3 Å². The summed E-state index contributed by atoms with van der Waals surface area (Å²) in [4.78, 5) is 2.44. The Balaban J connectivity index is 2.61. The summed E-state index contributed by atoms with van der Waals surface area (Å²) >= 11 is 0. The van der Waals surface area contributed by atoms with Gasteiger partial charge in [0.15, 0.2) is 0 Å². The molecule has 4 nitrogen and oxygen atoms in total. The number of anilines is 2. The number of nitrogens with one attached hydrogen (secondary N) is 1. The lowest BCUT2D eigenvalue weighted by Crippen LogP contribution is -2.07. The number of hydrogen-bond acceptors (Lipinski definition) is 4. The van der Waals surface area contributed by atoms with Crippen LogP contribution in [0, 0.1) is 34.9 Å². The van der Waals surface area contributed by atoms with E-state index in [1.165, 1.54) is 25.3 Å². The second-order valence-corrected chi connectivity index (χ2v) is 3.82. The summed E-state index contributed by atoms with van der Waals surface area (Å²) in [6, 6.07) is 5.99. The quantitative estimate of drug-likeness (QED) is 0.698. The largest absolute Gasteiger partial charge is 0.495 e. The summed E-state index contributed by atoms with van der Waals surface area (Å²) < 4.78 is 58.2. The van der Waals surface area contributed by atoms with Gasteiger partial charge in [0, 0.05) is 0 Å². The molecule has 1 aromatic carbocycles. The summed E-state index contributed by atoms with van der Waals surface area (Å²) in [7, 11) is 1.27. The van der Waals surface area contributed by atoms with Crippen molar-refractivity contribution in [1.82, 2.24) is 4.98 Å². The zero-order valence-electron chi connectivity index (χ0n) is 10.5. The van der Waals surface area contributed by atoms with E-state index in [1.54, 1.807) is 6.07 Å². The molecule has 108 valence electrons. The van der Waals surface area contributed by atoms with Gasteiger partial charge in [-0.3, -0.25) is 0 Å². The van der Waals surface area contributed by atoms with Gasteiger partial charge in [0.2, 0.25) is 11.6 Å². The fourth-order valence-corrected chi connectivity index (χ4v) is 1.65. The summed E-state index contributed by atoms with van der Waals surface area (Å²) in [6.45, 7) is 0. The number of nitriles is 1. The molecule has 21 heavy (non-hydrogen) atoms. The first-order valence-electron chi connectivity index (χ1n) is 5.53. The molecule has 2 rings (SSSR count). The van der Waals surface area contributed by atoms with E-state index < -0.39 is 29.2 Å². The summed E-state index contributed by atoms with van der Waals surface area (Å²) in [5.74, 6) is -6.94. The van der Waals surface area contributed by atoms with E-state index in [0.29, 0.717) is 0 Å². The molecule has 1 heterocycles. The van der Waals surface area contributed by atoms with Crippen LogP contribution in [0.2, 0.25) is 0 Å². The van der Waals surface area contributed by atoms with E-state index in [9.17, 15) is 17.6 Å². The Hall–Kier alpha value is -2.82. The molecule has 2 aromatic rings. The number of nitrogens with zero attached hydrogens (tertiary/aromatic N) is 2. The maximum atomic E-state index is 13.6. The molecular formula is C13H7F4N3O. The SMILES string of the molecule is COc1cccc(C#N)c1Nc1c(F)c(F)nc(F)c1F. The smallest absolute Gasteiger partial charge is 0.253 e. The molecule has 0 aliphatic heterocycles. The number of pyridine rings is 1. The van der Waals surface area contributed by atoms with Gasteiger partial charge >= 0.3 is 0 Å². The molecule has 0 saturated heterocycles. The minimum absolute atomic E-state index is 0.0224. The fourth-order valence-electron chi connectivity index (χ4n) is 1.65. The molecule has 0 spiro atoms. The first-order chi connectivity index (χ1) is 9.99. The van der Waals surface area contributed by atoms with E-state index in [1.807, 2.05) is 0 Å². The standard InChI is InChI=1S/C13H7F4N3O/c1-21-7-4-2-3-6(5-18)10(7)19-11-8(14)12(16)20-13(17)9(11)15/h2-4H,1H3,(H,19,20).